The van der Waals surface area contributed by atoms with Gasteiger partial charge in [0.1, 0.15) is 0 Å². The first-order valence-corrected chi connectivity index (χ1v) is 10.1. The smallest absolute Gasteiger partial charge is 0.162 e. The van der Waals surface area contributed by atoms with Crippen LogP contribution in [0.25, 0.3) is 0 Å². The molecule has 4 nitrogen and oxygen atoms in total. The fourth-order valence-electron chi connectivity index (χ4n) is 2.27. The Bertz CT molecular complexity index is 692. The Kier molecular flexibility index (Phi) is 8.85. The zero-order valence-corrected chi connectivity index (χ0v) is 17.2. The van der Waals surface area contributed by atoms with Gasteiger partial charge in [0.25, 0.3) is 0 Å². The predicted octanol–water partition coefficient (Wildman–Crippen LogP) is 5.34. The van der Waals surface area contributed by atoms with Gasteiger partial charge in [-0.25, -0.2) is 0 Å². The molecule has 0 aliphatic heterocycles. The fourth-order valence-corrected chi connectivity index (χ4v) is 3.22. The predicted molar refractivity (Wildman–Crippen MR) is 110 cm³/mol. The summed E-state index contributed by atoms with van der Waals surface area (Å²) in [7, 11) is 1.65. The SMILES string of the molecule is CCCOc1cc(SCCOc2cc(S)ccc2OCC)ccc1OC. The Morgan fingerprint density at radius 1 is 0.846 bits per heavy atom. The van der Waals surface area contributed by atoms with E-state index in [2.05, 4.69) is 19.6 Å². The van der Waals surface area contributed by atoms with Gasteiger partial charge in [0.15, 0.2) is 23.0 Å². The number of benzene rings is 2. The molecule has 0 atom stereocenters. The average molecular weight is 395 g/mol. The van der Waals surface area contributed by atoms with Gasteiger partial charge >= 0.3 is 0 Å². The lowest BCUT2D eigenvalue weighted by atomic mass is 10.3. The normalized spacial score (nSPS) is 10.5. The first-order valence-electron chi connectivity index (χ1n) is 8.70. The van der Waals surface area contributed by atoms with Crippen molar-refractivity contribution in [1.29, 1.82) is 0 Å². The Labute approximate surface area is 165 Å². The Morgan fingerprint density at radius 2 is 1.58 bits per heavy atom. The number of methoxy groups -OCH3 is 1. The highest BCUT2D eigenvalue weighted by molar-refractivity contribution is 7.99. The van der Waals surface area contributed by atoms with Crippen molar-refractivity contribution in [3.63, 3.8) is 0 Å². The highest BCUT2D eigenvalue weighted by Gasteiger charge is 2.08. The molecule has 0 aliphatic carbocycles. The third kappa shape index (κ3) is 6.25. The van der Waals surface area contributed by atoms with Gasteiger partial charge in [-0.2, -0.15) is 0 Å². The highest BCUT2D eigenvalue weighted by Crippen LogP contribution is 2.33. The molecule has 2 aromatic carbocycles. The second-order valence-electron chi connectivity index (χ2n) is 5.42. The lowest BCUT2D eigenvalue weighted by Gasteiger charge is -2.13. The Hall–Kier alpha value is -1.66. The van der Waals surface area contributed by atoms with Crippen LogP contribution < -0.4 is 18.9 Å². The van der Waals surface area contributed by atoms with Gasteiger partial charge in [-0.05, 0) is 49.7 Å². The van der Waals surface area contributed by atoms with Crippen LogP contribution in [0.3, 0.4) is 0 Å². The molecule has 0 aromatic heterocycles. The molecule has 142 valence electrons. The van der Waals surface area contributed by atoms with Gasteiger partial charge in [-0.15, -0.1) is 24.4 Å². The minimum absolute atomic E-state index is 0.569. The van der Waals surface area contributed by atoms with Crippen molar-refractivity contribution >= 4 is 24.4 Å². The van der Waals surface area contributed by atoms with Crippen LogP contribution in [0.4, 0.5) is 0 Å². The van der Waals surface area contributed by atoms with Crippen LogP contribution in [0.15, 0.2) is 46.2 Å². The summed E-state index contributed by atoms with van der Waals surface area (Å²) in [5, 5.41) is 0. The van der Waals surface area contributed by atoms with E-state index in [1.54, 1.807) is 18.9 Å². The molecular formula is C20H26O4S2. The van der Waals surface area contributed by atoms with Crippen LogP contribution in [-0.4, -0.2) is 32.7 Å². The van der Waals surface area contributed by atoms with E-state index < -0.39 is 0 Å². The maximum atomic E-state index is 5.88. The maximum absolute atomic E-state index is 5.88. The number of ether oxygens (including phenoxy) is 4. The molecule has 0 radical (unpaired) electrons. The molecule has 0 saturated carbocycles. The summed E-state index contributed by atoms with van der Waals surface area (Å²) >= 11 is 6.07. The van der Waals surface area contributed by atoms with Gasteiger partial charge in [0, 0.05) is 15.5 Å². The molecule has 2 rings (SSSR count). The van der Waals surface area contributed by atoms with Gasteiger partial charge in [0.2, 0.25) is 0 Å². The molecule has 0 heterocycles. The summed E-state index contributed by atoms with van der Waals surface area (Å²) < 4.78 is 22.6. The van der Waals surface area contributed by atoms with Crippen molar-refractivity contribution in [3.8, 4) is 23.0 Å². The van der Waals surface area contributed by atoms with Crippen molar-refractivity contribution in [3.05, 3.63) is 36.4 Å². The van der Waals surface area contributed by atoms with Crippen molar-refractivity contribution in [2.75, 3.05) is 32.7 Å². The molecule has 0 saturated heterocycles. The number of thioether (sulfide) groups is 1. The average Bonchev–Trinajstić information content (AvgIpc) is 2.65. The summed E-state index contributed by atoms with van der Waals surface area (Å²) in [5.41, 5.74) is 0. The van der Waals surface area contributed by atoms with Crippen molar-refractivity contribution < 1.29 is 18.9 Å². The van der Waals surface area contributed by atoms with E-state index in [-0.39, 0.29) is 0 Å². The van der Waals surface area contributed by atoms with E-state index >= 15 is 0 Å². The van der Waals surface area contributed by atoms with Gasteiger partial charge in [0.05, 0.1) is 26.9 Å². The summed E-state index contributed by atoms with van der Waals surface area (Å²) in [5.74, 6) is 3.81. The topological polar surface area (TPSA) is 36.9 Å². The van der Waals surface area contributed by atoms with E-state index in [0.717, 1.165) is 45.0 Å². The Morgan fingerprint density at radius 3 is 2.31 bits per heavy atom. The van der Waals surface area contributed by atoms with E-state index in [4.69, 9.17) is 18.9 Å². The zero-order valence-electron chi connectivity index (χ0n) is 15.5. The third-order valence-corrected chi connectivity index (χ3v) is 4.67. The molecule has 0 unspecified atom stereocenters. The van der Waals surface area contributed by atoms with Crippen LogP contribution in [-0.2, 0) is 0 Å². The zero-order chi connectivity index (χ0) is 18.8. The maximum Gasteiger partial charge on any atom is 0.162 e. The van der Waals surface area contributed by atoms with Crippen molar-refractivity contribution in [1.82, 2.24) is 0 Å². The summed E-state index contributed by atoms with van der Waals surface area (Å²) in [6, 6.07) is 11.6. The minimum Gasteiger partial charge on any atom is -0.493 e. The standard InChI is InChI=1S/C20H26O4S2/c1-4-10-23-20-14-16(7-9-17(20)21-3)26-12-11-24-19-13-15(25)6-8-18(19)22-5-2/h6-9,13-14,25H,4-5,10-12H2,1-3H3. The van der Waals surface area contributed by atoms with Crippen LogP contribution in [0.1, 0.15) is 20.3 Å². The lowest BCUT2D eigenvalue weighted by Crippen LogP contribution is -2.03. The van der Waals surface area contributed by atoms with E-state index in [0.29, 0.717) is 19.8 Å². The Balaban J connectivity index is 1.91. The monoisotopic (exact) mass is 394 g/mol. The third-order valence-electron chi connectivity index (χ3n) is 3.43. The molecule has 6 heteroatoms. The summed E-state index contributed by atoms with van der Waals surface area (Å²) in [6.07, 6.45) is 0.959. The van der Waals surface area contributed by atoms with E-state index in [9.17, 15) is 0 Å². The largest absolute Gasteiger partial charge is 0.493 e. The quantitative estimate of drug-likeness (QED) is 0.316. The van der Waals surface area contributed by atoms with Crippen LogP contribution >= 0.6 is 24.4 Å². The molecule has 0 amide bonds. The first kappa shape index (κ1) is 20.6. The fraction of sp³-hybridized carbons (Fsp3) is 0.400. The second kappa shape index (κ2) is 11.1. The molecule has 0 aliphatic rings. The van der Waals surface area contributed by atoms with Crippen molar-refractivity contribution in [2.45, 2.75) is 30.1 Å². The molecule has 26 heavy (non-hydrogen) atoms. The highest BCUT2D eigenvalue weighted by atomic mass is 32.2. The molecule has 2 aromatic rings. The number of thiol groups is 1. The van der Waals surface area contributed by atoms with Crippen molar-refractivity contribution in [2.24, 2.45) is 0 Å². The first-order chi connectivity index (χ1) is 12.7. The summed E-state index contributed by atoms with van der Waals surface area (Å²) in [6.45, 7) is 5.88. The lowest BCUT2D eigenvalue weighted by molar-refractivity contribution is 0.288. The molecule has 0 spiro atoms. The number of hydrogen-bond acceptors (Lipinski definition) is 6. The molecule has 0 N–H and O–H groups in total. The van der Waals surface area contributed by atoms with Crippen LogP contribution in [0.5, 0.6) is 23.0 Å². The summed E-state index contributed by atoms with van der Waals surface area (Å²) in [4.78, 5) is 1.97. The van der Waals surface area contributed by atoms with E-state index in [1.165, 1.54) is 0 Å². The number of hydrogen-bond donors (Lipinski definition) is 1. The van der Waals surface area contributed by atoms with E-state index in [1.807, 2.05) is 43.3 Å². The van der Waals surface area contributed by atoms with Gasteiger partial charge in [-0.3, -0.25) is 0 Å². The molecular weight excluding hydrogens is 368 g/mol. The van der Waals surface area contributed by atoms with Crippen LogP contribution in [0.2, 0.25) is 0 Å². The second-order valence-corrected chi connectivity index (χ2v) is 7.11. The van der Waals surface area contributed by atoms with Crippen LogP contribution in [0, 0.1) is 0 Å². The van der Waals surface area contributed by atoms with Gasteiger partial charge < -0.3 is 18.9 Å². The minimum atomic E-state index is 0.569. The molecule has 0 fully saturated rings. The number of rotatable bonds is 11. The van der Waals surface area contributed by atoms with Gasteiger partial charge in [-0.1, -0.05) is 6.92 Å². The molecule has 0 bridgehead atoms.